The minimum Gasteiger partial charge on any atom is -0.415 e. The minimum atomic E-state index is -2.90. The Labute approximate surface area is 204 Å². The number of hydrogen-bond acceptors (Lipinski definition) is 6. The third-order valence-electron chi connectivity index (χ3n) is 6.18. The zero-order chi connectivity index (χ0) is 25.6. The molecular formula is C22H20F4N6O3S. The lowest BCUT2D eigenvalue weighted by molar-refractivity contribution is 0.116. The van der Waals surface area contributed by atoms with Crippen molar-refractivity contribution in [2.24, 2.45) is 0 Å². The number of pyridine rings is 1. The fourth-order valence-electron chi connectivity index (χ4n) is 4.38. The Morgan fingerprint density at radius 1 is 1.11 bits per heavy atom. The highest BCUT2D eigenvalue weighted by molar-refractivity contribution is 7.81. The Kier molecular flexibility index (Phi) is 6.47. The second-order valence-corrected chi connectivity index (χ2v) is 9.73. The SMILES string of the molecule is CS(=O)N1CCC(n2c(=O)n(Cc3ccc(-c4nnc(C(F)F)o4)cn3)c3cc(F)c(F)cc32)CC1. The summed E-state index contributed by atoms with van der Waals surface area (Å²) in [5.74, 6) is -3.08. The lowest BCUT2D eigenvalue weighted by Gasteiger charge is -2.30. The smallest absolute Gasteiger partial charge is 0.329 e. The molecule has 0 bridgehead atoms. The quantitative estimate of drug-likeness (QED) is 0.359. The van der Waals surface area contributed by atoms with Crippen LogP contribution in [-0.2, 0) is 17.5 Å². The number of nitrogens with zero attached hydrogens (tertiary/aromatic N) is 6. The largest absolute Gasteiger partial charge is 0.415 e. The number of benzene rings is 1. The first kappa shape index (κ1) is 24.3. The van der Waals surface area contributed by atoms with E-state index in [1.165, 1.54) is 21.4 Å². The molecule has 1 aromatic carbocycles. The molecule has 3 aromatic heterocycles. The topological polar surface area (TPSA) is 99.1 Å². The summed E-state index contributed by atoms with van der Waals surface area (Å²) in [7, 11) is -1.13. The van der Waals surface area contributed by atoms with Crippen LogP contribution in [0.1, 0.15) is 36.9 Å². The molecule has 0 saturated carbocycles. The number of hydrogen-bond donors (Lipinski definition) is 0. The normalized spacial score (nSPS) is 16.3. The van der Waals surface area contributed by atoms with Crippen molar-refractivity contribution < 1.29 is 26.2 Å². The zero-order valence-electron chi connectivity index (χ0n) is 18.9. The summed E-state index contributed by atoms with van der Waals surface area (Å²) in [6.07, 6.45) is 1.07. The molecule has 9 nitrogen and oxygen atoms in total. The van der Waals surface area contributed by atoms with Crippen molar-refractivity contribution in [3.63, 3.8) is 0 Å². The maximum Gasteiger partial charge on any atom is 0.329 e. The van der Waals surface area contributed by atoms with E-state index in [2.05, 4.69) is 15.2 Å². The molecule has 1 unspecified atom stereocenters. The molecule has 1 atom stereocenters. The van der Waals surface area contributed by atoms with Gasteiger partial charge in [-0.25, -0.2) is 22.1 Å². The van der Waals surface area contributed by atoms with Gasteiger partial charge in [-0.15, -0.1) is 10.2 Å². The standard InChI is InChI=1S/C22H20F4N6O3S/c1-36(34)30-6-4-14(5-7-30)32-18-9-16(24)15(23)8-17(18)31(22(32)33)11-13-3-2-12(10-27-13)20-28-29-21(35-20)19(25)26/h2-3,8-10,14,19H,4-7,11H2,1H3. The number of aromatic nitrogens is 5. The average Bonchev–Trinajstić information content (AvgIpc) is 3.45. The summed E-state index contributed by atoms with van der Waals surface area (Å²) in [6.45, 7) is 0.961. The van der Waals surface area contributed by atoms with Gasteiger partial charge in [-0.05, 0) is 25.0 Å². The second kappa shape index (κ2) is 9.58. The predicted molar refractivity (Wildman–Crippen MR) is 122 cm³/mol. The second-order valence-electron chi connectivity index (χ2n) is 8.36. The highest BCUT2D eigenvalue weighted by atomic mass is 32.2. The fourth-order valence-corrected chi connectivity index (χ4v) is 5.11. The lowest BCUT2D eigenvalue weighted by atomic mass is 10.1. The van der Waals surface area contributed by atoms with Gasteiger partial charge in [-0.1, -0.05) is 0 Å². The zero-order valence-corrected chi connectivity index (χ0v) is 19.7. The highest BCUT2D eigenvalue weighted by Gasteiger charge is 2.27. The van der Waals surface area contributed by atoms with E-state index in [1.54, 1.807) is 16.6 Å². The highest BCUT2D eigenvalue weighted by Crippen LogP contribution is 2.28. The third kappa shape index (κ3) is 4.46. The number of piperidine rings is 1. The number of alkyl halides is 2. The Bertz CT molecular complexity index is 1490. The van der Waals surface area contributed by atoms with E-state index in [1.807, 2.05) is 0 Å². The first-order chi connectivity index (χ1) is 17.2. The molecule has 14 heteroatoms. The van der Waals surface area contributed by atoms with Crippen LogP contribution in [0.5, 0.6) is 0 Å². The lowest BCUT2D eigenvalue weighted by Crippen LogP contribution is -2.38. The molecule has 0 amide bonds. The van der Waals surface area contributed by atoms with E-state index in [4.69, 9.17) is 4.42 Å². The molecule has 0 radical (unpaired) electrons. The maximum absolute atomic E-state index is 14.2. The van der Waals surface area contributed by atoms with Gasteiger partial charge in [0.15, 0.2) is 11.6 Å². The van der Waals surface area contributed by atoms with Gasteiger partial charge in [-0.3, -0.25) is 14.1 Å². The van der Waals surface area contributed by atoms with Crippen LogP contribution in [0.3, 0.4) is 0 Å². The van der Waals surface area contributed by atoms with Crippen LogP contribution in [-0.4, -0.2) is 52.2 Å². The third-order valence-corrected chi connectivity index (χ3v) is 7.27. The average molecular weight is 525 g/mol. The Morgan fingerprint density at radius 2 is 1.81 bits per heavy atom. The summed E-state index contributed by atoms with van der Waals surface area (Å²) >= 11 is 0. The van der Waals surface area contributed by atoms with Gasteiger partial charge in [0, 0.05) is 43.7 Å². The van der Waals surface area contributed by atoms with Crippen LogP contribution >= 0.6 is 0 Å². The van der Waals surface area contributed by atoms with E-state index in [0.29, 0.717) is 37.2 Å². The molecule has 1 fully saturated rings. The van der Waals surface area contributed by atoms with E-state index < -0.39 is 40.6 Å². The van der Waals surface area contributed by atoms with E-state index >= 15 is 0 Å². The summed E-state index contributed by atoms with van der Waals surface area (Å²) in [4.78, 5) is 17.7. The molecule has 5 rings (SSSR count). The van der Waals surface area contributed by atoms with Crippen molar-refractivity contribution in [1.29, 1.82) is 0 Å². The molecule has 190 valence electrons. The number of halogens is 4. The van der Waals surface area contributed by atoms with E-state index in [9.17, 15) is 26.6 Å². The van der Waals surface area contributed by atoms with Crippen molar-refractivity contribution in [2.75, 3.05) is 19.3 Å². The number of imidazole rings is 1. The Hall–Kier alpha value is -3.39. The van der Waals surface area contributed by atoms with Gasteiger partial charge < -0.3 is 4.42 Å². The van der Waals surface area contributed by atoms with Crippen LogP contribution in [0.15, 0.2) is 39.7 Å². The van der Waals surface area contributed by atoms with Crippen molar-refractivity contribution in [3.8, 4) is 11.5 Å². The van der Waals surface area contributed by atoms with Gasteiger partial charge in [0.2, 0.25) is 5.89 Å². The van der Waals surface area contributed by atoms with Gasteiger partial charge in [0.1, 0.15) is 0 Å². The van der Waals surface area contributed by atoms with Gasteiger partial charge in [-0.2, -0.15) is 8.78 Å². The van der Waals surface area contributed by atoms with Crippen LogP contribution in [0, 0.1) is 11.6 Å². The molecular weight excluding hydrogens is 504 g/mol. The van der Waals surface area contributed by atoms with Crippen LogP contribution < -0.4 is 5.69 Å². The monoisotopic (exact) mass is 524 g/mol. The molecule has 36 heavy (non-hydrogen) atoms. The minimum absolute atomic E-state index is 0.0440. The maximum atomic E-state index is 14.2. The van der Waals surface area contributed by atoms with Crippen molar-refractivity contribution in [3.05, 3.63) is 64.2 Å². The Morgan fingerprint density at radius 3 is 2.39 bits per heavy atom. The van der Waals surface area contributed by atoms with Crippen molar-refractivity contribution in [2.45, 2.75) is 31.9 Å². The predicted octanol–water partition coefficient (Wildman–Crippen LogP) is 3.44. The van der Waals surface area contributed by atoms with Gasteiger partial charge in [0.25, 0.3) is 5.89 Å². The number of rotatable bonds is 6. The molecule has 0 spiro atoms. The Balaban J connectivity index is 1.48. The van der Waals surface area contributed by atoms with Crippen LogP contribution in [0.2, 0.25) is 0 Å². The van der Waals surface area contributed by atoms with Gasteiger partial charge in [0.05, 0.1) is 39.8 Å². The molecule has 0 aliphatic carbocycles. The van der Waals surface area contributed by atoms with Crippen molar-refractivity contribution in [1.82, 2.24) is 28.6 Å². The van der Waals surface area contributed by atoms with Gasteiger partial charge >= 0.3 is 12.1 Å². The fraction of sp³-hybridized carbons (Fsp3) is 0.364. The summed E-state index contributed by atoms with van der Waals surface area (Å²) in [5, 5.41) is 6.85. The summed E-state index contributed by atoms with van der Waals surface area (Å²) < 4.78 is 75.0. The molecule has 1 saturated heterocycles. The van der Waals surface area contributed by atoms with E-state index in [-0.39, 0.29) is 29.5 Å². The van der Waals surface area contributed by atoms with Crippen LogP contribution in [0.25, 0.3) is 22.5 Å². The molecule has 1 aliphatic rings. The molecule has 4 heterocycles. The first-order valence-electron chi connectivity index (χ1n) is 11.0. The number of fused-ring (bicyclic) bond motifs is 1. The first-order valence-corrected chi connectivity index (χ1v) is 12.5. The molecule has 4 aromatic rings. The summed E-state index contributed by atoms with van der Waals surface area (Å²) in [5.41, 5.74) is 0.743. The van der Waals surface area contributed by atoms with E-state index in [0.717, 1.165) is 12.1 Å². The summed E-state index contributed by atoms with van der Waals surface area (Å²) in [6, 6.07) is 4.79. The molecule has 0 N–H and O–H groups in total. The van der Waals surface area contributed by atoms with Crippen LogP contribution in [0.4, 0.5) is 17.6 Å². The van der Waals surface area contributed by atoms with Crippen molar-refractivity contribution >= 4 is 22.0 Å². The molecule has 1 aliphatic heterocycles.